The van der Waals surface area contributed by atoms with Crippen LogP contribution in [-0.4, -0.2) is 41.3 Å². The predicted molar refractivity (Wildman–Crippen MR) is 96.8 cm³/mol. The topological polar surface area (TPSA) is 88.6 Å². The first kappa shape index (κ1) is 18.1. The van der Waals surface area contributed by atoms with Crippen LogP contribution in [0.3, 0.4) is 0 Å². The highest BCUT2D eigenvalue weighted by molar-refractivity contribution is 7.16. The van der Waals surface area contributed by atoms with Crippen molar-refractivity contribution in [3.8, 4) is 0 Å². The van der Waals surface area contributed by atoms with Gasteiger partial charge in [-0.05, 0) is 12.5 Å². The SMILES string of the molecule is COC(=O)c1nc(NC(=O)[C@H]2CC(=O)N(Cc3ccccc3)C2)sc1C. The maximum Gasteiger partial charge on any atom is 0.357 e. The lowest BCUT2D eigenvalue weighted by atomic mass is 10.1. The Morgan fingerprint density at radius 3 is 2.77 bits per heavy atom. The van der Waals surface area contributed by atoms with E-state index >= 15 is 0 Å². The van der Waals surface area contributed by atoms with Crippen molar-refractivity contribution in [3.05, 3.63) is 46.5 Å². The second-order valence-electron chi connectivity index (χ2n) is 6.07. The average molecular weight is 373 g/mol. The van der Waals surface area contributed by atoms with E-state index in [1.165, 1.54) is 18.4 Å². The minimum Gasteiger partial charge on any atom is -0.464 e. The Morgan fingerprint density at radius 2 is 2.08 bits per heavy atom. The molecule has 2 amide bonds. The first-order valence-corrected chi connectivity index (χ1v) is 8.98. The first-order valence-electron chi connectivity index (χ1n) is 8.16. The summed E-state index contributed by atoms with van der Waals surface area (Å²) in [7, 11) is 1.28. The van der Waals surface area contributed by atoms with Gasteiger partial charge in [-0.1, -0.05) is 30.3 Å². The van der Waals surface area contributed by atoms with E-state index in [1.54, 1.807) is 11.8 Å². The number of rotatable bonds is 5. The number of aromatic nitrogens is 1. The summed E-state index contributed by atoms with van der Waals surface area (Å²) < 4.78 is 4.66. The number of benzene rings is 1. The van der Waals surface area contributed by atoms with Gasteiger partial charge in [-0.15, -0.1) is 11.3 Å². The first-order chi connectivity index (χ1) is 12.5. The number of methoxy groups -OCH3 is 1. The number of carbonyl (C=O) groups is 3. The number of thiazole rings is 1. The quantitative estimate of drug-likeness (QED) is 0.812. The van der Waals surface area contributed by atoms with Crippen molar-refractivity contribution < 1.29 is 19.1 Å². The maximum absolute atomic E-state index is 12.5. The summed E-state index contributed by atoms with van der Waals surface area (Å²) >= 11 is 1.21. The molecule has 1 aliphatic rings. The molecule has 1 N–H and O–H groups in total. The van der Waals surface area contributed by atoms with E-state index in [9.17, 15) is 14.4 Å². The van der Waals surface area contributed by atoms with Gasteiger partial charge in [0, 0.05) is 24.4 Å². The highest BCUT2D eigenvalue weighted by atomic mass is 32.1. The molecule has 0 aliphatic carbocycles. The lowest BCUT2D eigenvalue weighted by Gasteiger charge is -2.16. The number of carbonyl (C=O) groups excluding carboxylic acids is 3. The second kappa shape index (κ2) is 7.65. The van der Waals surface area contributed by atoms with Crippen LogP contribution in [0, 0.1) is 12.8 Å². The van der Waals surface area contributed by atoms with Crippen molar-refractivity contribution in [2.45, 2.75) is 19.9 Å². The van der Waals surface area contributed by atoms with Gasteiger partial charge in [-0.3, -0.25) is 9.59 Å². The number of anilines is 1. The Balaban J connectivity index is 1.62. The normalized spacial score (nSPS) is 16.6. The van der Waals surface area contributed by atoms with Crippen molar-refractivity contribution in [2.24, 2.45) is 5.92 Å². The highest BCUT2D eigenvalue weighted by Crippen LogP contribution is 2.25. The summed E-state index contributed by atoms with van der Waals surface area (Å²) in [5, 5.41) is 3.05. The summed E-state index contributed by atoms with van der Waals surface area (Å²) in [6.45, 7) is 2.60. The third kappa shape index (κ3) is 3.91. The van der Waals surface area contributed by atoms with Crippen molar-refractivity contribution in [2.75, 3.05) is 19.0 Å². The fourth-order valence-corrected chi connectivity index (χ4v) is 3.65. The van der Waals surface area contributed by atoms with E-state index in [0.717, 1.165) is 5.56 Å². The summed E-state index contributed by atoms with van der Waals surface area (Å²) in [6.07, 6.45) is 0.173. The van der Waals surface area contributed by atoms with E-state index in [4.69, 9.17) is 0 Å². The summed E-state index contributed by atoms with van der Waals surface area (Å²) in [5.41, 5.74) is 1.22. The number of ether oxygens (including phenoxy) is 1. The van der Waals surface area contributed by atoms with Gasteiger partial charge in [0.2, 0.25) is 11.8 Å². The molecule has 1 fully saturated rings. The van der Waals surface area contributed by atoms with E-state index in [-0.39, 0.29) is 23.9 Å². The number of nitrogens with zero attached hydrogens (tertiary/aromatic N) is 2. The van der Waals surface area contributed by atoms with Crippen molar-refractivity contribution in [1.82, 2.24) is 9.88 Å². The molecule has 3 rings (SSSR count). The van der Waals surface area contributed by atoms with Gasteiger partial charge < -0.3 is 15.0 Å². The minimum absolute atomic E-state index is 0.0421. The lowest BCUT2D eigenvalue weighted by molar-refractivity contribution is -0.128. The van der Waals surface area contributed by atoms with Crippen LogP contribution in [0.4, 0.5) is 5.13 Å². The van der Waals surface area contributed by atoms with Crippen LogP contribution in [0.25, 0.3) is 0 Å². The number of amides is 2. The van der Waals surface area contributed by atoms with Crippen LogP contribution in [0.2, 0.25) is 0 Å². The van der Waals surface area contributed by atoms with E-state index in [2.05, 4.69) is 15.0 Å². The van der Waals surface area contributed by atoms with Crippen molar-refractivity contribution >= 4 is 34.3 Å². The zero-order valence-electron chi connectivity index (χ0n) is 14.5. The number of aryl methyl sites for hydroxylation is 1. The van der Waals surface area contributed by atoms with Gasteiger partial charge in [0.15, 0.2) is 10.8 Å². The molecule has 0 spiro atoms. The molecule has 136 valence electrons. The maximum atomic E-state index is 12.5. The van der Waals surface area contributed by atoms with E-state index < -0.39 is 11.9 Å². The molecule has 0 bridgehead atoms. The zero-order valence-corrected chi connectivity index (χ0v) is 15.3. The van der Waals surface area contributed by atoms with Crippen LogP contribution < -0.4 is 5.32 Å². The molecule has 1 aromatic heterocycles. The molecule has 7 nitrogen and oxygen atoms in total. The Labute approximate surface area is 155 Å². The molecule has 1 aromatic carbocycles. The van der Waals surface area contributed by atoms with E-state index in [0.29, 0.717) is 23.1 Å². The zero-order chi connectivity index (χ0) is 18.7. The van der Waals surface area contributed by atoms with Gasteiger partial charge in [0.1, 0.15) is 0 Å². The molecule has 8 heteroatoms. The number of likely N-dealkylation sites (tertiary alicyclic amines) is 1. The fourth-order valence-electron chi connectivity index (χ4n) is 2.85. The second-order valence-corrected chi connectivity index (χ2v) is 7.27. The summed E-state index contributed by atoms with van der Waals surface area (Å²) in [6, 6.07) is 9.67. The van der Waals surface area contributed by atoms with Gasteiger partial charge in [-0.25, -0.2) is 9.78 Å². The fraction of sp³-hybridized carbons (Fsp3) is 0.333. The van der Waals surface area contributed by atoms with Gasteiger partial charge in [-0.2, -0.15) is 0 Å². The largest absolute Gasteiger partial charge is 0.464 e. The number of nitrogens with one attached hydrogen (secondary N) is 1. The Bertz CT molecular complexity index is 834. The van der Waals surface area contributed by atoms with Gasteiger partial charge in [0.05, 0.1) is 13.0 Å². The smallest absolute Gasteiger partial charge is 0.357 e. The Kier molecular flexibility index (Phi) is 5.32. The molecular weight excluding hydrogens is 354 g/mol. The monoisotopic (exact) mass is 373 g/mol. The molecule has 2 aromatic rings. The van der Waals surface area contributed by atoms with Gasteiger partial charge in [0.25, 0.3) is 0 Å². The molecule has 2 heterocycles. The number of hydrogen-bond acceptors (Lipinski definition) is 6. The number of esters is 1. The predicted octanol–water partition coefficient (Wildman–Crippen LogP) is 2.23. The lowest BCUT2D eigenvalue weighted by Crippen LogP contribution is -2.28. The highest BCUT2D eigenvalue weighted by Gasteiger charge is 2.34. The third-order valence-electron chi connectivity index (χ3n) is 4.21. The van der Waals surface area contributed by atoms with Gasteiger partial charge >= 0.3 is 5.97 Å². The van der Waals surface area contributed by atoms with Crippen molar-refractivity contribution in [3.63, 3.8) is 0 Å². The van der Waals surface area contributed by atoms with Crippen LogP contribution >= 0.6 is 11.3 Å². The molecule has 0 unspecified atom stereocenters. The van der Waals surface area contributed by atoms with E-state index in [1.807, 2.05) is 30.3 Å². The number of hydrogen-bond donors (Lipinski definition) is 1. The molecule has 1 aliphatic heterocycles. The van der Waals surface area contributed by atoms with Crippen LogP contribution in [0.15, 0.2) is 30.3 Å². The molecule has 1 atom stereocenters. The molecule has 0 radical (unpaired) electrons. The van der Waals surface area contributed by atoms with Crippen LogP contribution in [0.1, 0.15) is 27.3 Å². The third-order valence-corrected chi connectivity index (χ3v) is 5.09. The van der Waals surface area contributed by atoms with Crippen molar-refractivity contribution in [1.29, 1.82) is 0 Å². The Hall–Kier alpha value is -2.74. The minimum atomic E-state index is -0.538. The van der Waals surface area contributed by atoms with Crippen LogP contribution in [0.5, 0.6) is 0 Å². The standard InChI is InChI=1S/C18H19N3O4S/c1-11-15(17(24)25-2)19-18(26-11)20-16(23)13-8-14(22)21(10-13)9-12-6-4-3-5-7-12/h3-7,13H,8-10H2,1-2H3,(H,19,20,23)/t13-/m0/s1. The summed E-state index contributed by atoms with van der Waals surface area (Å²) in [5.74, 6) is -1.28. The Morgan fingerprint density at radius 1 is 1.35 bits per heavy atom. The average Bonchev–Trinajstić information content (AvgIpc) is 3.18. The molecular formula is C18H19N3O4S. The molecule has 1 saturated heterocycles. The molecule has 26 heavy (non-hydrogen) atoms. The molecule has 0 saturated carbocycles. The van der Waals surface area contributed by atoms with Crippen LogP contribution in [-0.2, 0) is 20.9 Å². The summed E-state index contributed by atoms with van der Waals surface area (Å²) in [4.78, 5) is 42.8.